The van der Waals surface area contributed by atoms with Crippen molar-refractivity contribution < 1.29 is 46.1 Å². The van der Waals surface area contributed by atoms with Crippen LogP contribution in [0.5, 0.6) is 0 Å². The first-order chi connectivity index (χ1) is 6.46. The van der Waals surface area contributed by atoms with Crippen LogP contribution in [0.1, 0.15) is 0 Å². The first kappa shape index (κ1) is 14.0. The third-order valence-electron chi connectivity index (χ3n) is 1.17. The second-order valence-electron chi connectivity index (χ2n) is 2.31. The van der Waals surface area contributed by atoms with Crippen LogP contribution in [-0.2, 0) is 9.53 Å². The van der Waals surface area contributed by atoms with Crippen molar-refractivity contribution in [1.29, 1.82) is 0 Å². The summed E-state index contributed by atoms with van der Waals surface area (Å²) in [5, 5.41) is 15.6. The number of carboxylic acid groups (broad SMARTS) is 1. The van der Waals surface area contributed by atoms with Crippen LogP contribution < -0.4 is 0 Å². The summed E-state index contributed by atoms with van der Waals surface area (Å²) in [5.41, 5.74) is 0. The maximum Gasteiger partial charge on any atom is 0.458 e. The van der Waals surface area contributed by atoms with Gasteiger partial charge >= 0.3 is 24.1 Å². The molecule has 0 aromatic heterocycles. The minimum atomic E-state index is -5.99. The molecule has 0 amide bonds. The Morgan fingerprint density at radius 2 is 1.53 bits per heavy atom. The molecule has 1 atom stereocenters. The molecule has 0 saturated carbocycles. The lowest BCUT2D eigenvalue weighted by atomic mass is 10.3. The molecule has 0 bridgehead atoms. The zero-order chi connectivity index (χ0) is 12.5. The lowest BCUT2D eigenvalue weighted by Gasteiger charge is -2.27. The normalized spacial score (nSPS) is 17.3. The van der Waals surface area contributed by atoms with Crippen LogP contribution >= 0.6 is 0 Å². The van der Waals surface area contributed by atoms with E-state index in [0.29, 0.717) is 0 Å². The first-order valence-electron chi connectivity index (χ1n) is 3.14. The monoisotopic (exact) mass is 242 g/mol. The van der Waals surface area contributed by atoms with Gasteiger partial charge in [0, 0.05) is 0 Å². The molecule has 0 aliphatic carbocycles. The summed E-state index contributed by atoms with van der Waals surface area (Å²) in [6, 6.07) is 0. The van der Waals surface area contributed by atoms with Crippen LogP contribution in [0.15, 0.2) is 0 Å². The van der Waals surface area contributed by atoms with Crippen molar-refractivity contribution in [2.75, 3.05) is 6.61 Å². The lowest BCUT2D eigenvalue weighted by Crippen LogP contribution is -2.52. The maximum atomic E-state index is 12.5. The molecule has 90 valence electrons. The van der Waals surface area contributed by atoms with Crippen molar-refractivity contribution >= 4 is 5.97 Å². The minimum Gasteiger partial charge on any atom is -0.475 e. The highest BCUT2D eigenvalue weighted by atomic mass is 19.4. The Balaban J connectivity index is 4.96. The summed E-state index contributed by atoms with van der Waals surface area (Å²) in [6.07, 6.45) is -11.4. The molecule has 0 aromatic carbocycles. The molecule has 15 heavy (non-hydrogen) atoms. The van der Waals surface area contributed by atoms with Crippen LogP contribution in [-0.4, -0.2) is 40.9 Å². The number of halogens is 6. The second kappa shape index (κ2) is 3.85. The van der Waals surface area contributed by atoms with Gasteiger partial charge in [0.15, 0.2) is 0 Å². The van der Waals surface area contributed by atoms with Gasteiger partial charge in [-0.3, -0.25) is 4.74 Å². The van der Waals surface area contributed by atoms with Crippen LogP contribution in [0.4, 0.5) is 26.3 Å². The molecular formula is C5H4F6O4. The van der Waals surface area contributed by atoms with E-state index in [9.17, 15) is 31.1 Å². The lowest BCUT2D eigenvalue weighted by molar-refractivity contribution is -0.407. The quantitative estimate of drug-likeness (QED) is 0.719. The van der Waals surface area contributed by atoms with Gasteiger partial charge in [-0.25, -0.2) is 4.79 Å². The molecule has 0 fully saturated rings. The smallest absolute Gasteiger partial charge is 0.458 e. The predicted molar refractivity (Wildman–Crippen MR) is 30.6 cm³/mol. The zero-order valence-electron chi connectivity index (χ0n) is 6.69. The first-order valence-corrected chi connectivity index (χ1v) is 3.14. The van der Waals surface area contributed by atoms with Crippen molar-refractivity contribution in [3.63, 3.8) is 0 Å². The standard InChI is InChI=1S/C5H4F6O4/c6-3(1-12,5(9,10)11)15-4(7,8)2(13)14/h12H,1H2,(H,13,14). The van der Waals surface area contributed by atoms with E-state index in [1.54, 1.807) is 0 Å². The van der Waals surface area contributed by atoms with E-state index in [1.807, 2.05) is 0 Å². The Morgan fingerprint density at radius 3 is 1.73 bits per heavy atom. The van der Waals surface area contributed by atoms with Gasteiger partial charge in [-0.2, -0.15) is 26.3 Å². The van der Waals surface area contributed by atoms with E-state index >= 15 is 0 Å². The third-order valence-corrected chi connectivity index (χ3v) is 1.17. The van der Waals surface area contributed by atoms with Gasteiger partial charge in [0.1, 0.15) is 6.61 Å². The molecule has 10 heteroatoms. The number of carbonyl (C=O) groups is 1. The van der Waals surface area contributed by atoms with Crippen LogP contribution in [0.2, 0.25) is 0 Å². The number of aliphatic hydroxyl groups excluding tert-OH is 1. The van der Waals surface area contributed by atoms with E-state index in [2.05, 4.69) is 4.74 Å². The summed E-state index contributed by atoms with van der Waals surface area (Å²) >= 11 is 0. The number of aliphatic carboxylic acids is 1. The van der Waals surface area contributed by atoms with Crippen LogP contribution in [0, 0.1) is 0 Å². The highest BCUT2D eigenvalue weighted by molar-refractivity contribution is 5.73. The van der Waals surface area contributed by atoms with Crippen LogP contribution in [0.25, 0.3) is 0 Å². The Morgan fingerprint density at radius 1 is 1.13 bits per heavy atom. The number of carboxylic acids is 1. The molecule has 0 aliphatic heterocycles. The van der Waals surface area contributed by atoms with Crippen molar-refractivity contribution in [2.45, 2.75) is 18.1 Å². The fourth-order valence-electron chi connectivity index (χ4n) is 0.427. The molecule has 0 heterocycles. The molecule has 0 spiro atoms. The number of aliphatic hydroxyl groups is 1. The van der Waals surface area contributed by atoms with Crippen LogP contribution in [0.3, 0.4) is 0 Å². The summed E-state index contributed by atoms with van der Waals surface area (Å²) in [6.45, 7) is -2.49. The minimum absolute atomic E-state index is 2.43. The van der Waals surface area contributed by atoms with Crippen molar-refractivity contribution in [3.8, 4) is 0 Å². The predicted octanol–water partition coefficient (Wildman–Crippen LogP) is 0.901. The molecule has 0 saturated heterocycles. The summed E-state index contributed by atoms with van der Waals surface area (Å²) < 4.78 is 74.3. The number of alkyl halides is 6. The molecular weight excluding hydrogens is 238 g/mol. The number of ether oxygens (including phenoxy) is 1. The highest BCUT2D eigenvalue weighted by Gasteiger charge is 2.63. The van der Waals surface area contributed by atoms with E-state index in [4.69, 9.17) is 10.2 Å². The average molecular weight is 242 g/mol. The average Bonchev–Trinajstić information content (AvgIpc) is 2.01. The van der Waals surface area contributed by atoms with E-state index in [-0.39, 0.29) is 0 Å². The topological polar surface area (TPSA) is 66.8 Å². The molecule has 2 N–H and O–H groups in total. The summed E-state index contributed by atoms with van der Waals surface area (Å²) in [5.74, 6) is -8.24. The molecule has 0 aliphatic rings. The van der Waals surface area contributed by atoms with E-state index in [1.165, 1.54) is 0 Å². The van der Waals surface area contributed by atoms with Gasteiger partial charge < -0.3 is 10.2 Å². The van der Waals surface area contributed by atoms with Gasteiger partial charge in [0.2, 0.25) is 0 Å². The Hall–Kier alpha value is -1.03. The Labute approximate surface area is 78.1 Å². The molecule has 0 aromatic rings. The summed E-state index contributed by atoms with van der Waals surface area (Å²) in [7, 11) is 0. The third kappa shape index (κ3) is 2.96. The van der Waals surface area contributed by atoms with Crippen molar-refractivity contribution in [2.24, 2.45) is 0 Å². The van der Waals surface area contributed by atoms with Gasteiger partial charge in [-0.15, -0.1) is 0 Å². The van der Waals surface area contributed by atoms with E-state index in [0.717, 1.165) is 0 Å². The Bertz CT molecular complexity index is 250. The molecule has 0 radical (unpaired) electrons. The zero-order valence-corrected chi connectivity index (χ0v) is 6.69. The molecule has 4 nitrogen and oxygen atoms in total. The number of hydrogen-bond donors (Lipinski definition) is 2. The van der Waals surface area contributed by atoms with Gasteiger partial charge in [-0.1, -0.05) is 0 Å². The van der Waals surface area contributed by atoms with Gasteiger partial charge in [0.05, 0.1) is 0 Å². The number of rotatable bonds is 4. The number of hydrogen-bond acceptors (Lipinski definition) is 3. The molecule has 1 unspecified atom stereocenters. The SMILES string of the molecule is O=C(O)C(F)(F)OC(F)(CO)C(F)(F)F. The Kier molecular flexibility index (Phi) is 3.59. The molecule has 0 rings (SSSR count). The summed E-state index contributed by atoms with van der Waals surface area (Å²) in [4.78, 5) is 9.65. The van der Waals surface area contributed by atoms with Gasteiger partial charge in [-0.05, 0) is 0 Å². The second-order valence-corrected chi connectivity index (χ2v) is 2.31. The van der Waals surface area contributed by atoms with Crippen molar-refractivity contribution in [3.05, 3.63) is 0 Å². The fraction of sp³-hybridized carbons (Fsp3) is 0.800. The highest BCUT2D eigenvalue weighted by Crippen LogP contribution is 2.38. The van der Waals surface area contributed by atoms with Gasteiger partial charge in [0.25, 0.3) is 0 Å². The largest absolute Gasteiger partial charge is 0.475 e. The van der Waals surface area contributed by atoms with E-state index < -0.39 is 30.7 Å². The van der Waals surface area contributed by atoms with Crippen molar-refractivity contribution in [1.82, 2.24) is 0 Å². The fourth-order valence-corrected chi connectivity index (χ4v) is 0.427. The maximum absolute atomic E-state index is 12.5.